The van der Waals surface area contributed by atoms with Crippen molar-refractivity contribution >= 4 is 11.9 Å². The fraction of sp³-hybridized carbons (Fsp3) is 0.429. The molecule has 0 saturated carbocycles. The van der Waals surface area contributed by atoms with Crippen LogP contribution in [-0.4, -0.2) is 36.7 Å². The minimum atomic E-state index is -0.969. The lowest BCUT2D eigenvalue weighted by atomic mass is 10.0. The lowest BCUT2D eigenvalue weighted by Gasteiger charge is -2.13. The van der Waals surface area contributed by atoms with E-state index in [1.807, 2.05) is 6.92 Å². The summed E-state index contributed by atoms with van der Waals surface area (Å²) in [4.78, 5) is 22.7. The van der Waals surface area contributed by atoms with E-state index in [1.54, 1.807) is 31.4 Å². The summed E-state index contributed by atoms with van der Waals surface area (Å²) in [5.74, 6) is -1.08. The topological polar surface area (TPSA) is 75.6 Å². The lowest BCUT2D eigenvalue weighted by molar-refractivity contribution is -0.122. The first kappa shape index (κ1) is 15.2. The van der Waals surface area contributed by atoms with E-state index < -0.39 is 5.97 Å². The van der Waals surface area contributed by atoms with Crippen molar-refractivity contribution in [3.8, 4) is 0 Å². The lowest BCUT2D eigenvalue weighted by Crippen LogP contribution is -2.35. The third kappa shape index (κ3) is 5.09. The Kier molecular flexibility index (Phi) is 6.02. The molecule has 0 bridgehead atoms. The highest BCUT2D eigenvalue weighted by atomic mass is 16.5. The smallest absolute Gasteiger partial charge is 0.335 e. The van der Waals surface area contributed by atoms with Crippen LogP contribution < -0.4 is 5.32 Å². The van der Waals surface area contributed by atoms with Crippen LogP contribution in [0.1, 0.15) is 29.3 Å². The molecule has 5 nitrogen and oxygen atoms in total. The van der Waals surface area contributed by atoms with E-state index in [2.05, 4.69) is 5.32 Å². The molecule has 0 spiro atoms. The quantitative estimate of drug-likeness (QED) is 0.782. The molecular weight excluding hydrogens is 246 g/mol. The normalized spacial score (nSPS) is 11.9. The van der Waals surface area contributed by atoms with Gasteiger partial charge in [-0.25, -0.2) is 4.79 Å². The highest BCUT2D eigenvalue weighted by Crippen LogP contribution is 2.11. The van der Waals surface area contributed by atoms with Crippen molar-refractivity contribution in [2.75, 3.05) is 13.7 Å². The Morgan fingerprint density at radius 2 is 2.05 bits per heavy atom. The van der Waals surface area contributed by atoms with E-state index in [9.17, 15) is 9.59 Å². The fourth-order valence-corrected chi connectivity index (χ4v) is 1.83. The molecule has 0 aliphatic carbocycles. The number of hydrogen-bond acceptors (Lipinski definition) is 3. The average Bonchev–Trinajstić information content (AvgIpc) is 2.36. The molecule has 0 unspecified atom stereocenters. The minimum absolute atomic E-state index is 0.0489. The van der Waals surface area contributed by atoms with E-state index in [4.69, 9.17) is 9.84 Å². The summed E-state index contributed by atoms with van der Waals surface area (Å²) in [6.45, 7) is 2.31. The zero-order chi connectivity index (χ0) is 14.3. The van der Waals surface area contributed by atoms with Crippen LogP contribution in [0.25, 0.3) is 0 Å². The zero-order valence-corrected chi connectivity index (χ0v) is 11.2. The maximum atomic E-state index is 11.7. The van der Waals surface area contributed by atoms with Gasteiger partial charge in [-0.3, -0.25) is 4.79 Å². The molecule has 0 aromatic heterocycles. The van der Waals surface area contributed by atoms with Crippen molar-refractivity contribution in [3.63, 3.8) is 0 Å². The molecule has 0 fully saturated rings. The molecule has 1 aromatic rings. The molecule has 0 heterocycles. The van der Waals surface area contributed by atoms with Crippen LogP contribution in [0.3, 0.4) is 0 Å². The predicted molar refractivity (Wildman–Crippen MR) is 71.2 cm³/mol. The van der Waals surface area contributed by atoms with Gasteiger partial charge in [0.25, 0.3) is 0 Å². The number of aryl methyl sites for hydroxylation is 1. The van der Waals surface area contributed by atoms with Crippen LogP contribution in [0.4, 0.5) is 0 Å². The highest BCUT2D eigenvalue weighted by Gasteiger charge is 2.11. The third-order valence-electron chi connectivity index (χ3n) is 2.69. The van der Waals surface area contributed by atoms with Crippen molar-refractivity contribution in [1.29, 1.82) is 0 Å². The second kappa shape index (κ2) is 7.53. The molecule has 2 N–H and O–H groups in total. The molecule has 1 rings (SSSR count). The second-order valence-corrected chi connectivity index (χ2v) is 4.39. The molecule has 5 heteroatoms. The largest absolute Gasteiger partial charge is 0.478 e. The number of carboxylic acid groups (broad SMARTS) is 1. The average molecular weight is 265 g/mol. The van der Waals surface area contributed by atoms with Gasteiger partial charge >= 0.3 is 5.97 Å². The van der Waals surface area contributed by atoms with Crippen molar-refractivity contribution in [3.05, 3.63) is 35.4 Å². The van der Waals surface area contributed by atoms with Gasteiger partial charge in [-0.1, -0.05) is 18.2 Å². The van der Waals surface area contributed by atoms with Crippen LogP contribution in [0.2, 0.25) is 0 Å². The number of benzene rings is 1. The summed E-state index contributed by atoms with van der Waals surface area (Å²) in [5, 5.41) is 11.8. The Morgan fingerprint density at radius 3 is 2.68 bits per heavy atom. The Labute approximate surface area is 112 Å². The number of ether oxygens (including phenoxy) is 1. The van der Waals surface area contributed by atoms with Gasteiger partial charge in [0.1, 0.15) is 0 Å². The Morgan fingerprint density at radius 1 is 1.37 bits per heavy atom. The number of hydrogen-bond donors (Lipinski definition) is 2. The first-order valence-corrected chi connectivity index (χ1v) is 6.14. The molecule has 1 aromatic carbocycles. The number of carbonyl (C=O) groups excluding carboxylic acids is 1. The van der Waals surface area contributed by atoms with Gasteiger partial charge in [0.05, 0.1) is 12.2 Å². The number of methoxy groups -OCH3 is 1. The third-order valence-corrected chi connectivity index (χ3v) is 2.69. The summed E-state index contributed by atoms with van der Waals surface area (Å²) >= 11 is 0. The first-order valence-electron chi connectivity index (χ1n) is 6.14. The molecule has 1 amide bonds. The van der Waals surface area contributed by atoms with Crippen molar-refractivity contribution in [2.24, 2.45) is 0 Å². The number of amides is 1. The molecule has 0 saturated heterocycles. The van der Waals surface area contributed by atoms with Crippen LogP contribution in [0.5, 0.6) is 0 Å². The number of carboxylic acids is 1. The van der Waals surface area contributed by atoms with Gasteiger partial charge in [-0.2, -0.15) is 0 Å². The Bertz CT molecular complexity index is 445. The van der Waals surface area contributed by atoms with E-state index in [-0.39, 0.29) is 23.9 Å². The van der Waals surface area contributed by atoms with Gasteiger partial charge in [0.15, 0.2) is 0 Å². The van der Waals surface area contributed by atoms with Crippen molar-refractivity contribution < 1.29 is 19.4 Å². The summed E-state index contributed by atoms with van der Waals surface area (Å²) in [5.41, 5.74) is 0.921. The predicted octanol–water partition coefficient (Wildman–Crippen LogP) is 1.47. The second-order valence-electron chi connectivity index (χ2n) is 4.39. The van der Waals surface area contributed by atoms with Crippen LogP contribution in [0.15, 0.2) is 24.3 Å². The van der Waals surface area contributed by atoms with E-state index in [0.717, 1.165) is 0 Å². The molecule has 0 radical (unpaired) electrons. The van der Waals surface area contributed by atoms with Crippen molar-refractivity contribution in [2.45, 2.75) is 25.8 Å². The highest BCUT2D eigenvalue weighted by molar-refractivity contribution is 5.89. The van der Waals surface area contributed by atoms with Gasteiger partial charge < -0.3 is 15.2 Å². The number of aromatic carboxylic acids is 1. The van der Waals surface area contributed by atoms with E-state index in [1.165, 1.54) is 0 Å². The molecule has 1 atom stereocenters. The summed E-state index contributed by atoms with van der Waals surface area (Å²) < 4.78 is 4.93. The van der Waals surface area contributed by atoms with Gasteiger partial charge in [-0.15, -0.1) is 0 Å². The monoisotopic (exact) mass is 265 g/mol. The standard InChI is InChI=1S/C14H19NO4/c1-10(9-19-2)15-13(16)8-7-11-5-3-4-6-12(11)14(17)18/h3-6,10H,7-9H2,1-2H3,(H,15,16)(H,17,18)/t10-/m1/s1. The maximum Gasteiger partial charge on any atom is 0.335 e. The molecule has 0 aliphatic rings. The first-order chi connectivity index (χ1) is 9.04. The van der Waals surface area contributed by atoms with Crippen LogP contribution in [0, 0.1) is 0 Å². The summed E-state index contributed by atoms with van der Waals surface area (Å²) in [7, 11) is 1.58. The van der Waals surface area contributed by atoms with Gasteiger partial charge in [0.2, 0.25) is 5.91 Å². The summed E-state index contributed by atoms with van der Waals surface area (Å²) in [6.07, 6.45) is 0.673. The van der Waals surface area contributed by atoms with Crippen LogP contribution in [-0.2, 0) is 16.0 Å². The van der Waals surface area contributed by atoms with Crippen molar-refractivity contribution in [1.82, 2.24) is 5.32 Å². The molecule has 104 valence electrons. The van der Waals surface area contributed by atoms with E-state index in [0.29, 0.717) is 18.6 Å². The van der Waals surface area contributed by atoms with Gasteiger partial charge in [0, 0.05) is 19.6 Å². The Balaban J connectivity index is 2.53. The molecule has 0 aliphatic heterocycles. The number of nitrogens with one attached hydrogen (secondary N) is 1. The SMILES string of the molecule is COC[C@@H](C)NC(=O)CCc1ccccc1C(=O)O. The molecular formula is C14H19NO4. The maximum absolute atomic E-state index is 11.7. The Hall–Kier alpha value is -1.88. The van der Waals surface area contributed by atoms with E-state index >= 15 is 0 Å². The number of carbonyl (C=O) groups is 2. The minimum Gasteiger partial charge on any atom is -0.478 e. The number of rotatable bonds is 7. The summed E-state index contributed by atoms with van der Waals surface area (Å²) in [6, 6.07) is 6.67. The molecule has 19 heavy (non-hydrogen) atoms. The fourth-order valence-electron chi connectivity index (χ4n) is 1.83. The van der Waals surface area contributed by atoms with Crippen LogP contribution >= 0.6 is 0 Å². The van der Waals surface area contributed by atoms with Gasteiger partial charge in [-0.05, 0) is 25.0 Å². The zero-order valence-electron chi connectivity index (χ0n) is 11.2.